The summed E-state index contributed by atoms with van der Waals surface area (Å²) in [5.41, 5.74) is -5.91. The van der Waals surface area contributed by atoms with Gasteiger partial charge in [-0.1, -0.05) is 0 Å². The lowest BCUT2D eigenvalue weighted by Crippen LogP contribution is -2.92. The molecule has 2 unspecified atom stereocenters. The molecule has 0 spiro atoms. The van der Waals surface area contributed by atoms with Crippen LogP contribution >= 0.6 is 0 Å². The number of nitrogens with zero attached hydrogens (tertiary/aromatic N) is 1. The normalized spacial score (nSPS) is 41.3. The van der Waals surface area contributed by atoms with Crippen LogP contribution in [0.5, 0.6) is 0 Å². The molecule has 0 amide bonds. The highest BCUT2D eigenvalue weighted by Gasteiger charge is 3.00. The highest BCUT2D eigenvalue weighted by atomic mass is 19.4. The van der Waals surface area contributed by atoms with Crippen LogP contribution in [0.3, 0.4) is 0 Å². The molecular formula is C10H4F15N. The number of fused-ring (bicyclic) bond motifs is 1. The lowest BCUT2D eigenvalue weighted by Gasteiger charge is -2.61. The number of hydrogen-bond acceptors (Lipinski definition) is 1. The molecule has 0 aromatic carbocycles. The van der Waals surface area contributed by atoms with Crippen LogP contribution in [-0.4, -0.2) is 58.3 Å². The summed E-state index contributed by atoms with van der Waals surface area (Å²) in [6.45, 7) is -1.07. The van der Waals surface area contributed by atoms with Crippen molar-refractivity contribution in [2.45, 2.75) is 60.3 Å². The highest BCUT2D eigenvalue weighted by molar-refractivity contribution is 5.27. The summed E-state index contributed by atoms with van der Waals surface area (Å²) in [7, 11) is 0. The standard InChI is InChI=1S/C10H4F15N/c1-3(11)2-4(12,13)6(16,17)8(20,21)10(24,25)26(2)9(22,23)7(18,19)5(3,14)15/h2H,1H3. The summed E-state index contributed by atoms with van der Waals surface area (Å²) in [5.74, 6) is -36.0. The highest BCUT2D eigenvalue weighted by Crippen LogP contribution is 2.70. The molecule has 2 fully saturated rings. The molecule has 0 radical (unpaired) electrons. The van der Waals surface area contributed by atoms with E-state index in [1.165, 1.54) is 0 Å². The van der Waals surface area contributed by atoms with Gasteiger partial charge in [-0.3, -0.25) is 0 Å². The average molecular weight is 423 g/mol. The van der Waals surface area contributed by atoms with Gasteiger partial charge in [0.2, 0.25) is 0 Å². The molecule has 0 saturated carbocycles. The van der Waals surface area contributed by atoms with E-state index in [0.717, 1.165) is 0 Å². The zero-order valence-electron chi connectivity index (χ0n) is 11.7. The first-order valence-electron chi connectivity index (χ1n) is 6.12. The quantitative estimate of drug-likeness (QED) is 0.401. The Kier molecular flexibility index (Phi) is 3.66. The van der Waals surface area contributed by atoms with E-state index >= 15 is 0 Å². The zero-order valence-corrected chi connectivity index (χ0v) is 11.7. The molecule has 0 aromatic rings. The minimum atomic E-state index is -7.46. The van der Waals surface area contributed by atoms with Crippen LogP contribution in [0.1, 0.15) is 6.92 Å². The largest absolute Gasteiger partial charge is 0.392 e. The van der Waals surface area contributed by atoms with Crippen molar-refractivity contribution < 1.29 is 65.9 Å². The summed E-state index contributed by atoms with van der Waals surface area (Å²) in [4.78, 5) is -3.28. The molecule has 1 nitrogen and oxygen atoms in total. The summed E-state index contributed by atoms with van der Waals surface area (Å²) in [6, 6.07) is -20.0. The molecular weight excluding hydrogens is 419 g/mol. The minimum Gasteiger partial charge on any atom is -0.235 e. The van der Waals surface area contributed by atoms with Gasteiger partial charge in [0.1, 0.15) is 6.04 Å². The molecule has 0 aliphatic carbocycles. The number of rotatable bonds is 0. The maximum atomic E-state index is 14.1. The van der Waals surface area contributed by atoms with Gasteiger partial charge in [0, 0.05) is 0 Å². The van der Waals surface area contributed by atoms with E-state index in [0.29, 0.717) is 0 Å². The first-order valence-corrected chi connectivity index (χ1v) is 6.12. The Morgan fingerprint density at radius 3 is 1.15 bits per heavy atom. The Morgan fingerprint density at radius 2 is 0.808 bits per heavy atom. The van der Waals surface area contributed by atoms with Crippen molar-refractivity contribution in [3.8, 4) is 0 Å². The van der Waals surface area contributed by atoms with Crippen LogP contribution in [0, 0.1) is 0 Å². The predicted molar refractivity (Wildman–Crippen MR) is 49.8 cm³/mol. The van der Waals surface area contributed by atoms with E-state index in [-0.39, 0.29) is 0 Å². The molecule has 2 heterocycles. The van der Waals surface area contributed by atoms with Crippen LogP contribution in [-0.2, 0) is 0 Å². The summed E-state index contributed by atoms with van der Waals surface area (Å²) < 4.78 is 202. The minimum absolute atomic E-state index is 1.07. The van der Waals surface area contributed by atoms with Crippen LogP contribution in [0.25, 0.3) is 0 Å². The lowest BCUT2D eigenvalue weighted by atomic mass is 9.72. The van der Waals surface area contributed by atoms with E-state index in [2.05, 4.69) is 0 Å². The summed E-state index contributed by atoms with van der Waals surface area (Å²) in [6.07, 6.45) is 0. The fourth-order valence-electron chi connectivity index (χ4n) is 2.79. The molecule has 16 heteroatoms. The predicted octanol–water partition coefficient (Wildman–Crippen LogP) is 4.77. The number of piperidine rings is 2. The molecule has 2 aliphatic rings. The lowest BCUT2D eigenvalue weighted by molar-refractivity contribution is -0.534. The molecule has 0 N–H and O–H groups in total. The van der Waals surface area contributed by atoms with Crippen molar-refractivity contribution in [1.82, 2.24) is 4.90 Å². The Morgan fingerprint density at radius 1 is 0.500 bits per heavy atom. The van der Waals surface area contributed by atoms with Gasteiger partial charge in [0.25, 0.3) is 0 Å². The zero-order chi connectivity index (χ0) is 21.2. The first-order chi connectivity index (χ1) is 11.0. The van der Waals surface area contributed by atoms with Crippen LogP contribution < -0.4 is 0 Å². The van der Waals surface area contributed by atoms with Gasteiger partial charge in [0.05, 0.1) is 0 Å². The van der Waals surface area contributed by atoms with Crippen molar-refractivity contribution in [2.24, 2.45) is 0 Å². The molecule has 2 atom stereocenters. The fraction of sp³-hybridized carbons (Fsp3) is 1.00. The molecule has 2 rings (SSSR count). The smallest absolute Gasteiger partial charge is 0.235 e. The van der Waals surface area contributed by atoms with Crippen molar-refractivity contribution in [1.29, 1.82) is 0 Å². The van der Waals surface area contributed by atoms with Gasteiger partial charge in [-0.05, 0) is 6.92 Å². The van der Waals surface area contributed by atoms with Gasteiger partial charge in [-0.2, -0.15) is 66.4 Å². The van der Waals surface area contributed by atoms with Gasteiger partial charge >= 0.3 is 41.7 Å². The van der Waals surface area contributed by atoms with Gasteiger partial charge in [-0.15, -0.1) is 0 Å². The summed E-state index contributed by atoms with van der Waals surface area (Å²) in [5, 5.41) is 0. The van der Waals surface area contributed by atoms with E-state index in [4.69, 9.17) is 0 Å². The third-order valence-corrected chi connectivity index (χ3v) is 4.30. The van der Waals surface area contributed by atoms with Crippen molar-refractivity contribution in [3.63, 3.8) is 0 Å². The number of halogens is 15. The second kappa shape index (κ2) is 4.48. The monoisotopic (exact) mass is 423 g/mol. The van der Waals surface area contributed by atoms with Crippen LogP contribution in [0.4, 0.5) is 65.9 Å². The Balaban J connectivity index is 2.99. The maximum absolute atomic E-state index is 14.1. The van der Waals surface area contributed by atoms with Crippen molar-refractivity contribution in [3.05, 3.63) is 0 Å². The Labute approximate surface area is 132 Å². The molecule has 2 aliphatic heterocycles. The van der Waals surface area contributed by atoms with Crippen molar-refractivity contribution >= 4 is 0 Å². The molecule has 26 heavy (non-hydrogen) atoms. The molecule has 0 aromatic heterocycles. The molecule has 2 saturated heterocycles. The van der Waals surface area contributed by atoms with Gasteiger partial charge < -0.3 is 0 Å². The molecule has 154 valence electrons. The Hall–Kier alpha value is -1.09. The van der Waals surface area contributed by atoms with E-state index in [9.17, 15) is 65.9 Å². The maximum Gasteiger partial charge on any atom is 0.392 e. The number of hydrogen-bond donors (Lipinski definition) is 0. The summed E-state index contributed by atoms with van der Waals surface area (Å²) >= 11 is 0. The van der Waals surface area contributed by atoms with E-state index < -0.39 is 65.2 Å². The second-order valence-electron chi connectivity index (χ2n) is 5.85. The Bertz CT molecular complexity index is 514. The third-order valence-electron chi connectivity index (χ3n) is 4.30. The average Bonchev–Trinajstić information content (AvgIpc) is 2.39. The van der Waals surface area contributed by atoms with E-state index in [1.807, 2.05) is 0 Å². The number of alkyl halides is 15. The third kappa shape index (κ3) is 1.68. The van der Waals surface area contributed by atoms with Crippen LogP contribution in [0.2, 0.25) is 0 Å². The van der Waals surface area contributed by atoms with E-state index in [1.54, 1.807) is 0 Å². The van der Waals surface area contributed by atoms with Gasteiger partial charge in [0.15, 0.2) is 5.67 Å². The molecule has 0 bridgehead atoms. The van der Waals surface area contributed by atoms with Crippen molar-refractivity contribution in [2.75, 3.05) is 0 Å². The fourth-order valence-corrected chi connectivity index (χ4v) is 2.79. The topological polar surface area (TPSA) is 3.24 Å². The first kappa shape index (κ1) is 21.2. The SMILES string of the molecule is CC1(F)C2N(C(F)(F)C(F)(F)C1(F)F)C(F)(F)C(F)(F)C(F)(F)C2(F)F. The van der Waals surface area contributed by atoms with Gasteiger partial charge in [-0.25, -0.2) is 4.39 Å². The van der Waals surface area contributed by atoms with Crippen LogP contribution in [0.15, 0.2) is 0 Å². The second-order valence-corrected chi connectivity index (χ2v) is 5.85.